The number of hydrogen-bond acceptors (Lipinski definition) is 3. The summed E-state index contributed by atoms with van der Waals surface area (Å²) in [6.07, 6.45) is 0. The Morgan fingerprint density at radius 2 is 2.18 bits per heavy atom. The van der Waals surface area contributed by atoms with Crippen molar-refractivity contribution in [3.63, 3.8) is 0 Å². The third-order valence-electron chi connectivity index (χ3n) is 2.00. The van der Waals surface area contributed by atoms with Crippen LogP contribution < -0.4 is 0 Å². The van der Waals surface area contributed by atoms with Crippen LogP contribution >= 0.6 is 27.5 Å². The lowest BCUT2D eigenvalue weighted by Gasteiger charge is -2.00. The van der Waals surface area contributed by atoms with E-state index in [1.54, 1.807) is 0 Å². The molecule has 17 heavy (non-hydrogen) atoms. The molecule has 88 valence electrons. The van der Waals surface area contributed by atoms with Crippen molar-refractivity contribution in [2.45, 2.75) is 0 Å². The van der Waals surface area contributed by atoms with E-state index in [9.17, 15) is 9.18 Å². The number of carboxylic acids is 1. The average molecular weight is 321 g/mol. The van der Waals surface area contributed by atoms with Crippen LogP contribution in [0.2, 0.25) is 5.02 Å². The zero-order valence-electron chi connectivity index (χ0n) is 8.08. The topological polar surface area (TPSA) is 63.3 Å². The second-order valence-electron chi connectivity index (χ2n) is 3.14. The molecule has 1 aromatic carbocycles. The van der Waals surface area contributed by atoms with Crippen LogP contribution in [0, 0.1) is 5.82 Å². The normalized spacial score (nSPS) is 10.5. The summed E-state index contributed by atoms with van der Waals surface area (Å²) in [5.74, 6) is -1.65. The molecule has 0 bridgehead atoms. The molecule has 0 radical (unpaired) electrons. The molecule has 0 amide bonds. The standard InChI is InChI=1S/C10H4BrClFNO3/c11-9-5(12)1-4(2-6(9)13)8-3-7(10(15)16)14-17-8/h1-3H,(H,15,16). The highest BCUT2D eigenvalue weighted by Gasteiger charge is 2.15. The molecule has 0 spiro atoms. The fourth-order valence-corrected chi connectivity index (χ4v) is 1.65. The number of halogens is 3. The van der Waals surface area contributed by atoms with Gasteiger partial charge in [0.1, 0.15) is 5.82 Å². The lowest BCUT2D eigenvalue weighted by atomic mass is 10.1. The molecule has 0 fully saturated rings. The van der Waals surface area contributed by atoms with Crippen LogP contribution in [0.5, 0.6) is 0 Å². The van der Waals surface area contributed by atoms with Crippen molar-refractivity contribution in [1.82, 2.24) is 5.16 Å². The van der Waals surface area contributed by atoms with E-state index in [0.29, 0.717) is 5.56 Å². The molecule has 4 nitrogen and oxygen atoms in total. The van der Waals surface area contributed by atoms with E-state index in [4.69, 9.17) is 21.2 Å². The van der Waals surface area contributed by atoms with Gasteiger partial charge in [-0.2, -0.15) is 0 Å². The minimum atomic E-state index is -1.22. The number of hydrogen-bond donors (Lipinski definition) is 1. The summed E-state index contributed by atoms with van der Waals surface area (Å²) in [6.45, 7) is 0. The van der Waals surface area contributed by atoms with E-state index in [2.05, 4.69) is 21.1 Å². The molecular weight excluding hydrogens is 316 g/mol. The second-order valence-corrected chi connectivity index (χ2v) is 4.34. The maximum atomic E-state index is 13.4. The van der Waals surface area contributed by atoms with Gasteiger partial charge in [0.15, 0.2) is 11.5 Å². The molecule has 1 N–H and O–H groups in total. The van der Waals surface area contributed by atoms with Crippen LogP contribution in [-0.2, 0) is 0 Å². The number of carbonyl (C=O) groups is 1. The first-order valence-corrected chi connectivity index (χ1v) is 5.51. The van der Waals surface area contributed by atoms with Crippen molar-refractivity contribution in [2.75, 3.05) is 0 Å². The summed E-state index contributed by atoms with van der Waals surface area (Å²) >= 11 is 8.74. The quantitative estimate of drug-likeness (QED) is 0.859. The first kappa shape index (κ1) is 12.1. The van der Waals surface area contributed by atoms with Gasteiger partial charge in [0.25, 0.3) is 0 Å². The zero-order chi connectivity index (χ0) is 12.6. The third-order valence-corrected chi connectivity index (χ3v) is 3.33. The van der Waals surface area contributed by atoms with E-state index in [-0.39, 0.29) is 20.9 Å². The molecule has 7 heteroatoms. The van der Waals surface area contributed by atoms with Crippen molar-refractivity contribution in [2.24, 2.45) is 0 Å². The van der Waals surface area contributed by atoms with Gasteiger partial charge in [-0.1, -0.05) is 16.8 Å². The molecule has 0 aliphatic rings. The molecular formula is C10H4BrClFNO3. The molecule has 0 saturated carbocycles. The maximum absolute atomic E-state index is 13.4. The fraction of sp³-hybridized carbons (Fsp3) is 0. The summed E-state index contributed by atoms with van der Waals surface area (Å²) in [5, 5.41) is 12.2. The predicted molar refractivity (Wildman–Crippen MR) is 61.6 cm³/mol. The van der Waals surface area contributed by atoms with E-state index in [1.807, 2.05) is 0 Å². The molecule has 1 heterocycles. The van der Waals surface area contributed by atoms with Crippen LogP contribution in [0.4, 0.5) is 4.39 Å². The lowest BCUT2D eigenvalue weighted by molar-refractivity contribution is 0.0686. The zero-order valence-corrected chi connectivity index (χ0v) is 10.4. The summed E-state index contributed by atoms with van der Waals surface area (Å²) in [4.78, 5) is 10.6. The van der Waals surface area contributed by atoms with Gasteiger partial charge in [-0.25, -0.2) is 9.18 Å². The molecule has 0 saturated heterocycles. The lowest BCUT2D eigenvalue weighted by Crippen LogP contribution is -1.94. The Morgan fingerprint density at radius 3 is 2.71 bits per heavy atom. The summed E-state index contributed by atoms with van der Waals surface area (Å²) in [5.41, 5.74) is 0.0650. The molecule has 2 aromatic rings. The second kappa shape index (κ2) is 4.46. The van der Waals surface area contributed by atoms with Gasteiger partial charge in [-0.05, 0) is 28.1 Å². The first-order valence-electron chi connectivity index (χ1n) is 4.34. The summed E-state index contributed by atoms with van der Waals surface area (Å²) in [7, 11) is 0. The van der Waals surface area contributed by atoms with Crippen molar-refractivity contribution >= 4 is 33.5 Å². The van der Waals surface area contributed by atoms with Gasteiger partial charge in [-0.15, -0.1) is 0 Å². The minimum Gasteiger partial charge on any atom is -0.476 e. The first-order chi connectivity index (χ1) is 7.99. The molecule has 2 rings (SSSR count). The van der Waals surface area contributed by atoms with Crippen molar-refractivity contribution in [3.8, 4) is 11.3 Å². The highest BCUT2D eigenvalue weighted by molar-refractivity contribution is 9.10. The number of aromatic carboxylic acids is 1. The number of carboxylic acid groups (broad SMARTS) is 1. The van der Waals surface area contributed by atoms with Gasteiger partial charge >= 0.3 is 5.97 Å². The van der Waals surface area contributed by atoms with Crippen LogP contribution in [0.15, 0.2) is 27.2 Å². The minimum absolute atomic E-state index is 0.135. The van der Waals surface area contributed by atoms with Gasteiger partial charge in [0.05, 0.1) is 9.50 Å². The largest absolute Gasteiger partial charge is 0.476 e. The average Bonchev–Trinajstić information content (AvgIpc) is 2.74. The third kappa shape index (κ3) is 2.32. The Balaban J connectivity index is 2.49. The Labute approximate surface area is 108 Å². The van der Waals surface area contributed by atoms with Crippen molar-refractivity contribution in [1.29, 1.82) is 0 Å². The van der Waals surface area contributed by atoms with E-state index in [0.717, 1.165) is 0 Å². The van der Waals surface area contributed by atoms with Crippen LogP contribution in [0.1, 0.15) is 10.5 Å². The van der Waals surface area contributed by atoms with Gasteiger partial charge in [0.2, 0.25) is 0 Å². The molecule has 0 aliphatic carbocycles. The number of nitrogens with zero attached hydrogens (tertiary/aromatic N) is 1. The summed E-state index contributed by atoms with van der Waals surface area (Å²) in [6, 6.07) is 3.81. The molecule has 0 unspecified atom stereocenters. The predicted octanol–water partition coefficient (Wildman–Crippen LogP) is 3.59. The Bertz CT molecular complexity index is 576. The van der Waals surface area contributed by atoms with Crippen molar-refractivity contribution in [3.05, 3.63) is 39.2 Å². The van der Waals surface area contributed by atoms with Gasteiger partial charge < -0.3 is 9.63 Å². The highest BCUT2D eigenvalue weighted by Crippen LogP contribution is 2.31. The fourth-order valence-electron chi connectivity index (χ4n) is 1.21. The maximum Gasteiger partial charge on any atom is 0.358 e. The van der Waals surface area contributed by atoms with Gasteiger partial charge in [0, 0.05) is 11.6 Å². The van der Waals surface area contributed by atoms with Gasteiger partial charge in [-0.3, -0.25) is 0 Å². The molecule has 0 atom stereocenters. The van der Waals surface area contributed by atoms with E-state index < -0.39 is 11.8 Å². The SMILES string of the molecule is O=C(O)c1cc(-c2cc(F)c(Br)c(Cl)c2)on1. The van der Waals surface area contributed by atoms with Crippen LogP contribution in [0.25, 0.3) is 11.3 Å². The Kier molecular flexibility index (Phi) is 3.17. The Morgan fingerprint density at radius 1 is 1.47 bits per heavy atom. The van der Waals surface area contributed by atoms with Crippen molar-refractivity contribution < 1.29 is 18.8 Å². The highest BCUT2D eigenvalue weighted by atomic mass is 79.9. The summed E-state index contributed by atoms with van der Waals surface area (Å²) < 4.78 is 18.3. The Hall–Kier alpha value is -1.40. The van der Waals surface area contributed by atoms with Crippen LogP contribution in [0.3, 0.4) is 0 Å². The molecule has 0 aliphatic heterocycles. The number of rotatable bonds is 2. The number of aromatic nitrogens is 1. The monoisotopic (exact) mass is 319 g/mol. The number of benzene rings is 1. The molecule has 1 aromatic heterocycles. The smallest absolute Gasteiger partial charge is 0.358 e. The van der Waals surface area contributed by atoms with Crippen LogP contribution in [-0.4, -0.2) is 16.2 Å². The van der Waals surface area contributed by atoms with E-state index in [1.165, 1.54) is 18.2 Å². The van der Waals surface area contributed by atoms with E-state index >= 15 is 0 Å².